The summed E-state index contributed by atoms with van der Waals surface area (Å²) in [5.41, 5.74) is 3.84. The van der Waals surface area contributed by atoms with Crippen LogP contribution in [0.2, 0.25) is 0 Å². The van der Waals surface area contributed by atoms with Crippen molar-refractivity contribution in [2.75, 3.05) is 13.7 Å². The van der Waals surface area contributed by atoms with Crippen molar-refractivity contribution < 1.29 is 4.74 Å². The zero-order valence-corrected chi connectivity index (χ0v) is 11.3. The molecule has 0 amide bonds. The molecule has 96 valence electrons. The second-order valence-corrected chi connectivity index (χ2v) is 5.37. The Balaban J connectivity index is 2.26. The molecule has 18 heavy (non-hydrogen) atoms. The van der Waals surface area contributed by atoms with E-state index in [1.807, 2.05) is 6.07 Å². The number of aryl methyl sites for hydroxylation is 1. The molecule has 1 unspecified atom stereocenters. The number of aromatic amines is 1. The molecule has 1 aliphatic heterocycles. The number of benzene rings is 1. The van der Waals surface area contributed by atoms with Gasteiger partial charge in [-0.3, -0.25) is 0 Å². The van der Waals surface area contributed by atoms with Crippen LogP contribution in [0.25, 0.3) is 10.9 Å². The lowest BCUT2D eigenvalue weighted by Gasteiger charge is -2.25. The molecule has 0 aliphatic carbocycles. The molecule has 3 heteroatoms. The topological polar surface area (TPSA) is 37.0 Å². The Bertz CT molecular complexity index is 579. The van der Waals surface area contributed by atoms with Crippen LogP contribution in [-0.4, -0.2) is 18.6 Å². The molecule has 1 atom stereocenters. The van der Waals surface area contributed by atoms with Crippen LogP contribution in [-0.2, 0) is 5.54 Å². The van der Waals surface area contributed by atoms with Gasteiger partial charge >= 0.3 is 0 Å². The van der Waals surface area contributed by atoms with Gasteiger partial charge in [0, 0.05) is 22.2 Å². The number of aromatic nitrogens is 1. The Labute approximate surface area is 108 Å². The quantitative estimate of drug-likeness (QED) is 0.851. The Kier molecular flexibility index (Phi) is 2.59. The summed E-state index contributed by atoms with van der Waals surface area (Å²) < 4.78 is 5.44. The van der Waals surface area contributed by atoms with Crippen LogP contribution >= 0.6 is 0 Å². The molecule has 0 radical (unpaired) electrons. The molecule has 2 N–H and O–H groups in total. The predicted octanol–water partition coefficient (Wildman–Crippen LogP) is 3.08. The van der Waals surface area contributed by atoms with Gasteiger partial charge in [0.15, 0.2) is 0 Å². The molecule has 3 nitrogen and oxygen atoms in total. The number of hydrogen-bond acceptors (Lipinski definition) is 2. The standard InChI is InChI=1S/C15H20N2O/c1-10-13(15(2)8-5-9-16-15)11-6-4-7-12(18-3)14(11)17-10/h4,6-7,16-17H,5,8-9H2,1-3H3. The monoisotopic (exact) mass is 244 g/mol. The van der Waals surface area contributed by atoms with Crippen LogP contribution in [0.15, 0.2) is 18.2 Å². The molecule has 0 saturated carbocycles. The van der Waals surface area contributed by atoms with Crippen LogP contribution in [0.5, 0.6) is 5.75 Å². The first-order valence-electron chi connectivity index (χ1n) is 6.56. The van der Waals surface area contributed by atoms with Gasteiger partial charge in [-0.15, -0.1) is 0 Å². The Morgan fingerprint density at radius 2 is 2.17 bits per heavy atom. The van der Waals surface area contributed by atoms with Crippen LogP contribution in [0.4, 0.5) is 0 Å². The van der Waals surface area contributed by atoms with Crippen LogP contribution in [0.1, 0.15) is 31.0 Å². The molecule has 2 heterocycles. The van der Waals surface area contributed by atoms with Crippen LogP contribution in [0.3, 0.4) is 0 Å². The lowest BCUT2D eigenvalue weighted by atomic mass is 9.88. The van der Waals surface area contributed by atoms with Crippen molar-refractivity contribution in [2.45, 2.75) is 32.2 Å². The third-order valence-electron chi connectivity index (χ3n) is 4.12. The van der Waals surface area contributed by atoms with Gasteiger partial charge in [-0.1, -0.05) is 12.1 Å². The van der Waals surface area contributed by atoms with Crippen molar-refractivity contribution in [1.29, 1.82) is 0 Å². The van der Waals surface area contributed by atoms with Crippen molar-refractivity contribution in [3.8, 4) is 5.75 Å². The first kappa shape index (κ1) is 11.6. The number of para-hydroxylation sites is 1. The summed E-state index contributed by atoms with van der Waals surface area (Å²) in [6, 6.07) is 6.25. The van der Waals surface area contributed by atoms with Crippen molar-refractivity contribution in [1.82, 2.24) is 10.3 Å². The minimum absolute atomic E-state index is 0.0920. The fourth-order valence-electron chi connectivity index (χ4n) is 3.31. The maximum absolute atomic E-state index is 5.44. The average molecular weight is 244 g/mol. The second kappa shape index (κ2) is 4.02. The summed E-state index contributed by atoms with van der Waals surface area (Å²) in [5.74, 6) is 0.920. The molecule has 2 aromatic rings. The summed E-state index contributed by atoms with van der Waals surface area (Å²) in [4.78, 5) is 3.48. The predicted molar refractivity (Wildman–Crippen MR) is 74.2 cm³/mol. The lowest BCUT2D eigenvalue weighted by molar-refractivity contribution is 0.419. The summed E-state index contributed by atoms with van der Waals surface area (Å²) in [6.45, 7) is 5.56. The molecule has 0 bridgehead atoms. The third-order valence-corrected chi connectivity index (χ3v) is 4.12. The zero-order chi connectivity index (χ0) is 12.8. The highest BCUT2D eigenvalue weighted by Crippen LogP contribution is 2.39. The van der Waals surface area contributed by atoms with E-state index in [2.05, 4.69) is 36.3 Å². The highest BCUT2D eigenvalue weighted by molar-refractivity contribution is 5.90. The second-order valence-electron chi connectivity index (χ2n) is 5.37. The zero-order valence-electron chi connectivity index (χ0n) is 11.3. The number of ether oxygens (including phenoxy) is 1. The highest BCUT2D eigenvalue weighted by Gasteiger charge is 2.34. The Morgan fingerprint density at radius 1 is 1.33 bits per heavy atom. The van der Waals surface area contributed by atoms with Gasteiger partial charge in [0.2, 0.25) is 0 Å². The molecular formula is C15H20N2O. The maximum Gasteiger partial charge on any atom is 0.142 e. The van der Waals surface area contributed by atoms with Gasteiger partial charge in [0.05, 0.1) is 12.6 Å². The number of H-pyrrole nitrogens is 1. The average Bonchev–Trinajstić information content (AvgIpc) is 2.92. The Morgan fingerprint density at radius 3 is 2.83 bits per heavy atom. The van der Waals surface area contributed by atoms with E-state index in [1.165, 1.54) is 29.5 Å². The van der Waals surface area contributed by atoms with E-state index < -0.39 is 0 Å². The van der Waals surface area contributed by atoms with Gasteiger partial charge in [-0.2, -0.15) is 0 Å². The fraction of sp³-hybridized carbons (Fsp3) is 0.467. The third kappa shape index (κ3) is 1.54. The largest absolute Gasteiger partial charge is 0.495 e. The van der Waals surface area contributed by atoms with E-state index in [0.717, 1.165) is 17.8 Å². The van der Waals surface area contributed by atoms with Crippen molar-refractivity contribution >= 4 is 10.9 Å². The summed E-state index contributed by atoms with van der Waals surface area (Å²) in [7, 11) is 1.72. The van der Waals surface area contributed by atoms with Crippen molar-refractivity contribution in [2.24, 2.45) is 0 Å². The maximum atomic E-state index is 5.44. The van der Waals surface area contributed by atoms with Crippen molar-refractivity contribution in [3.05, 3.63) is 29.5 Å². The van der Waals surface area contributed by atoms with E-state index in [-0.39, 0.29) is 5.54 Å². The molecular weight excluding hydrogens is 224 g/mol. The summed E-state index contributed by atoms with van der Waals surface area (Å²) in [6.07, 6.45) is 2.44. The molecule has 1 saturated heterocycles. The lowest BCUT2D eigenvalue weighted by Crippen LogP contribution is -2.33. The highest BCUT2D eigenvalue weighted by atomic mass is 16.5. The van der Waals surface area contributed by atoms with Gasteiger partial charge in [-0.25, -0.2) is 0 Å². The van der Waals surface area contributed by atoms with Crippen LogP contribution in [0, 0.1) is 6.92 Å². The summed E-state index contributed by atoms with van der Waals surface area (Å²) in [5, 5.41) is 4.93. The SMILES string of the molecule is COc1cccc2c(C3(C)CCCN3)c(C)[nH]c12. The van der Waals surface area contributed by atoms with Gasteiger partial charge in [0.25, 0.3) is 0 Å². The van der Waals surface area contributed by atoms with Gasteiger partial charge in [0.1, 0.15) is 5.75 Å². The molecule has 1 fully saturated rings. The van der Waals surface area contributed by atoms with E-state index in [0.29, 0.717) is 0 Å². The number of rotatable bonds is 2. The van der Waals surface area contributed by atoms with Crippen molar-refractivity contribution in [3.63, 3.8) is 0 Å². The van der Waals surface area contributed by atoms with E-state index in [4.69, 9.17) is 4.74 Å². The fourth-order valence-corrected chi connectivity index (χ4v) is 3.31. The van der Waals surface area contributed by atoms with E-state index >= 15 is 0 Å². The summed E-state index contributed by atoms with van der Waals surface area (Å²) >= 11 is 0. The van der Waals surface area contributed by atoms with Gasteiger partial charge < -0.3 is 15.0 Å². The number of nitrogens with one attached hydrogen (secondary N) is 2. The molecule has 1 aliphatic rings. The first-order valence-corrected chi connectivity index (χ1v) is 6.56. The molecule has 0 spiro atoms. The van der Waals surface area contributed by atoms with Gasteiger partial charge in [-0.05, 0) is 39.3 Å². The smallest absolute Gasteiger partial charge is 0.142 e. The number of methoxy groups -OCH3 is 1. The normalized spacial score (nSPS) is 23.7. The molecule has 3 rings (SSSR count). The van der Waals surface area contributed by atoms with Crippen LogP contribution < -0.4 is 10.1 Å². The molecule has 1 aromatic carbocycles. The Hall–Kier alpha value is -1.48. The number of hydrogen-bond donors (Lipinski definition) is 2. The van der Waals surface area contributed by atoms with E-state index in [1.54, 1.807) is 7.11 Å². The minimum Gasteiger partial charge on any atom is -0.495 e. The first-order chi connectivity index (χ1) is 8.65. The molecule has 1 aromatic heterocycles. The number of fused-ring (bicyclic) bond motifs is 1. The minimum atomic E-state index is 0.0920. The van der Waals surface area contributed by atoms with E-state index in [9.17, 15) is 0 Å².